The van der Waals surface area contributed by atoms with Crippen LogP contribution in [0.25, 0.3) is 0 Å². The van der Waals surface area contributed by atoms with Gasteiger partial charge in [0, 0.05) is 10.2 Å². The fourth-order valence-corrected chi connectivity index (χ4v) is 2.05. The molecule has 0 aliphatic carbocycles. The molecule has 90 valence electrons. The van der Waals surface area contributed by atoms with Gasteiger partial charge in [0.25, 0.3) is 0 Å². The summed E-state index contributed by atoms with van der Waals surface area (Å²) >= 11 is 15.1. The number of anilines is 2. The highest BCUT2D eigenvalue weighted by atomic mass is 79.9. The molecule has 1 heterocycles. The van der Waals surface area contributed by atoms with E-state index in [0.29, 0.717) is 16.4 Å². The number of pyridine rings is 1. The number of nitrogens with one attached hydrogen (secondary N) is 1. The lowest BCUT2D eigenvalue weighted by atomic mass is 10.2. The van der Waals surface area contributed by atoms with Crippen LogP contribution < -0.4 is 5.32 Å². The van der Waals surface area contributed by atoms with Gasteiger partial charge in [-0.1, -0.05) is 23.2 Å². The fraction of sp³-hybridized carbons (Fsp3) is 0. The molecule has 0 radical (unpaired) electrons. The quantitative estimate of drug-likeness (QED) is 0.800. The van der Waals surface area contributed by atoms with Crippen molar-refractivity contribution < 1.29 is 0 Å². The second-order valence-electron chi connectivity index (χ2n) is 3.43. The summed E-state index contributed by atoms with van der Waals surface area (Å²) < 4.78 is 0.775. The Kier molecular flexibility index (Phi) is 4.07. The molecule has 1 N–H and O–H groups in total. The number of benzene rings is 1. The van der Waals surface area contributed by atoms with E-state index in [2.05, 4.69) is 26.2 Å². The zero-order valence-corrected chi connectivity index (χ0v) is 12.0. The van der Waals surface area contributed by atoms with Crippen molar-refractivity contribution in [1.82, 2.24) is 4.98 Å². The van der Waals surface area contributed by atoms with Gasteiger partial charge in [-0.15, -0.1) is 0 Å². The zero-order valence-electron chi connectivity index (χ0n) is 8.92. The molecule has 0 bridgehead atoms. The van der Waals surface area contributed by atoms with Gasteiger partial charge in [0.2, 0.25) is 0 Å². The molecule has 0 fully saturated rings. The van der Waals surface area contributed by atoms with E-state index in [1.807, 2.05) is 18.2 Å². The summed E-state index contributed by atoms with van der Waals surface area (Å²) in [6.07, 6.45) is 0. The molecule has 2 aromatic rings. The summed E-state index contributed by atoms with van der Waals surface area (Å²) in [6, 6.07) is 10.5. The number of rotatable bonds is 2. The maximum Gasteiger partial charge on any atom is 0.133 e. The first kappa shape index (κ1) is 13.2. The molecule has 0 unspecified atom stereocenters. The SMILES string of the molecule is N#Cc1cc(Cl)nc(Nc2ccc(Cl)c(Br)c2)c1. The molecule has 3 nitrogen and oxygen atoms in total. The van der Waals surface area contributed by atoms with Crippen molar-refractivity contribution in [2.45, 2.75) is 0 Å². The van der Waals surface area contributed by atoms with Crippen molar-refractivity contribution in [2.24, 2.45) is 0 Å². The molecule has 0 saturated carbocycles. The van der Waals surface area contributed by atoms with Gasteiger partial charge in [0.05, 0.1) is 16.7 Å². The molecular formula is C12H6BrCl2N3. The average Bonchev–Trinajstić information content (AvgIpc) is 2.33. The van der Waals surface area contributed by atoms with Crippen LogP contribution in [0.5, 0.6) is 0 Å². The second-order valence-corrected chi connectivity index (χ2v) is 5.08. The van der Waals surface area contributed by atoms with Crippen LogP contribution >= 0.6 is 39.1 Å². The lowest BCUT2D eigenvalue weighted by Gasteiger charge is -2.07. The van der Waals surface area contributed by atoms with Crippen molar-refractivity contribution in [2.75, 3.05) is 5.32 Å². The lowest BCUT2D eigenvalue weighted by Crippen LogP contribution is -1.94. The van der Waals surface area contributed by atoms with E-state index >= 15 is 0 Å². The molecule has 1 aromatic carbocycles. The molecule has 0 aliphatic rings. The minimum atomic E-state index is 0.268. The Morgan fingerprint density at radius 3 is 2.67 bits per heavy atom. The molecule has 18 heavy (non-hydrogen) atoms. The van der Waals surface area contributed by atoms with Crippen molar-refractivity contribution in [1.29, 1.82) is 5.26 Å². The normalized spacial score (nSPS) is 9.89. The predicted molar refractivity (Wildman–Crippen MR) is 76.4 cm³/mol. The second kappa shape index (κ2) is 5.57. The van der Waals surface area contributed by atoms with Crippen LogP contribution in [0.2, 0.25) is 10.2 Å². The van der Waals surface area contributed by atoms with Gasteiger partial charge in [0.15, 0.2) is 0 Å². The summed E-state index contributed by atoms with van der Waals surface area (Å²) in [5.74, 6) is 0.508. The van der Waals surface area contributed by atoms with Crippen LogP contribution in [0.3, 0.4) is 0 Å². The number of aromatic nitrogens is 1. The van der Waals surface area contributed by atoms with Gasteiger partial charge in [0.1, 0.15) is 11.0 Å². The first-order chi connectivity index (χ1) is 8.58. The molecule has 2 rings (SSSR count). The number of hydrogen-bond acceptors (Lipinski definition) is 3. The Hall–Kier alpha value is -1.28. The summed E-state index contributed by atoms with van der Waals surface area (Å²) in [7, 11) is 0. The van der Waals surface area contributed by atoms with Gasteiger partial charge in [-0.2, -0.15) is 5.26 Å². The summed E-state index contributed by atoms with van der Waals surface area (Å²) in [5, 5.41) is 12.8. The number of halogens is 3. The van der Waals surface area contributed by atoms with Gasteiger partial charge in [-0.3, -0.25) is 0 Å². The monoisotopic (exact) mass is 341 g/mol. The highest BCUT2D eigenvalue weighted by molar-refractivity contribution is 9.10. The van der Waals surface area contributed by atoms with Crippen LogP contribution in [0.15, 0.2) is 34.8 Å². The summed E-state index contributed by atoms with van der Waals surface area (Å²) in [4.78, 5) is 4.08. The third-order valence-corrected chi connectivity index (χ3v) is 3.52. The van der Waals surface area contributed by atoms with E-state index < -0.39 is 0 Å². The number of nitriles is 1. The van der Waals surface area contributed by atoms with Crippen molar-refractivity contribution in [3.05, 3.63) is 50.5 Å². The Morgan fingerprint density at radius 2 is 2.00 bits per heavy atom. The predicted octanol–water partition coefficient (Wildman–Crippen LogP) is 4.77. The molecule has 0 amide bonds. The third kappa shape index (κ3) is 3.14. The van der Waals surface area contributed by atoms with E-state index in [0.717, 1.165) is 10.2 Å². The first-order valence-electron chi connectivity index (χ1n) is 4.88. The Balaban J connectivity index is 2.31. The fourth-order valence-electron chi connectivity index (χ4n) is 1.35. The minimum Gasteiger partial charge on any atom is -0.340 e. The number of nitrogens with zero attached hydrogens (tertiary/aromatic N) is 2. The molecule has 0 spiro atoms. The third-order valence-electron chi connectivity index (χ3n) is 2.12. The smallest absolute Gasteiger partial charge is 0.133 e. The summed E-state index contributed by atoms with van der Waals surface area (Å²) in [6.45, 7) is 0. The highest BCUT2D eigenvalue weighted by Gasteiger charge is 2.03. The maximum absolute atomic E-state index is 8.84. The van der Waals surface area contributed by atoms with E-state index in [-0.39, 0.29) is 5.15 Å². The van der Waals surface area contributed by atoms with E-state index in [9.17, 15) is 0 Å². The van der Waals surface area contributed by atoms with Crippen LogP contribution in [-0.4, -0.2) is 4.98 Å². The van der Waals surface area contributed by atoms with Crippen LogP contribution in [-0.2, 0) is 0 Å². The van der Waals surface area contributed by atoms with Crippen LogP contribution in [0, 0.1) is 11.3 Å². The standard InChI is InChI=1S/C12H6BrCl2N3/c13-9-5-8(1-2-10(9)14)17-12-4-7(6-16)3-11(15)18-12/h1-5H,(H,17,18). The van der Waals surface area contributed by atoms with E-state index in [1.165, 1.54) is 6.07 Å². The topological polar surface area (TPSA) is 48.7 Å². The largest absolute Gasteiger partial charge is 0.340 e. The molecule has 1 aromatic heterocycles. The van der Waals surface area contributed by atoms with Gasteiger partial charge in [-0.25, -0.2) is 4.98 Å². The Labute approximate surface area is 122 Å². The van der Waals surface area contributed by atoms with E-state index in [1.54, 1.807) is 12.1 Å². The molecule has 0 atom stereocenters. The highest BCUT2D eigenvalue weighted by Crippen LogP contribution is 2.27. The molecule has 0 saturated heterocycles. The zero-order chi connectivity index (χ0) is 13.1. The van der Waals surface area contributed by atoms with Crippen LogP contribution in [0.1, 0.15) is 5.56 Å². The first-order valence-corrected chi connectivity index (χ1v) is 6.43. The van der Waals surface area contributed by atoms with Crippen molar-refractivity contribution >= 4 is 50.6 Å². The Bertz CT molecular complexity index is 638. The van der Waals surface area contributed by atoms with Crippen molar-refractivity contribution in [3.8, 4) is 6.07 Å². The molecule has 0 aliphatic heterocycles. The average molecular weight is 343 g/mol. The van der Waals surface area contributed by atoms with Crippen molar-refractivity contribution in [3.63, 3.8) is 0 Å². The van der Waals surface area contributed by atoms with Gasteiger partial charge in [-0.05, 0) is 46.3 Å². The lowest BCUT2D eigenvalue weighted by molar-refractivity contribution is 1.29. The molecular weight excluding hydrogens is 337 g/mol. The van der Waals surface area contributed by atoms with Crippen LogP contribution in [0.4, 0.5) is 11.5 Å². The van der Waals surface area contributed by atoms with Gasteiger partial charge >= 0.3 is 0 Å². The number of hydrogen-bond donors (Lipinski definition) is 1. The maximum atomic E-state index is 8.84. The molecule has 6 heteroatoms. The van der Waals surface area contributed by atoms with Gasteiger partial charge < -0.3 is 5.32 Å². The Morgan fingerprint density at radius 1 is 1.22 bits per heavy atom. The summed E-state index contributed by atoms with van der Waals surface area (Å²) in [5.41, 5.74) is 1.25. The minimum absolute atomic E-state index is 0.268. The van der Waals surface area contributed by atoms with E-state index in [4.69, 9.17) is 28.5 Å².